The standard InChI is InChI=1S/C22H16O2P2/c1-13-5-3-7-17-15(13)9-11-19(25-23)21(17)22-18-8-4-6-14(2)16(18)10-12-20(22)26-24/h3-12H,1-2H3. The van der Waals surface area contributed by atoms with E-state index in [1.54, 1.807) is 0 Å². The molecule has 126 valence electrons. The van der Waals surface area contributed by atoms with E-state index in [0.717, 1.165) is 43.8 Å². The fraction of sp³-hybridized carbons (Fsp3) is 0.0909. The van der Waals surface area contributed by atoms with Gasteiger partial charge in [-0.05, 0) is 58.7 Å². The largest absolute Gasteiger partial charge is 0.269 e. The average Bonchev–Trinajstić information content (AvgIpc) is 2.67. The third-order valence-electron chi connectivity index (χ3n) is 4.96. The van der Waals surface area contributed by atoms with Crippen molar-refractivity contribution in [1.82, 2.24) is 0 Å². The van der Waals surface area contributed by atoms with Crippen molar-refractivity contribution >= 4 is 49.1 Å². The fourth-order valence-electron chi connectivity index (χ4n) is 3.68. The summed E-state index contributed by atoms with van der Waals surface area (Å²) in [7, 11) is -0.0867. The van der Waals surface area contributed by atoms with Crippen molar-refractivity contribution in [3.8, 4) is 11.1 Å². The predicted octanol–water partition coefficient (Wildman–Crippen LogP) is 6.11. The Morgan fingerprint density at radius 3 is 1.35 bits per heavy atom. The number of aryl methyl sites for hydroxylation is 2. The molecule has 0 N–H and O–H groups in total. The summed E-state index contributed by atoms with van der Waals surface area (Å²) in [6.07, 6.45) is 0. The van der Waals surface area contributed by atoms with E-state index in [2.05, 4.69) is 26.0 Å². The average molecular weight is 374 g/mol. The molecule has 0 heterocycles. The summed E-state index contributed by atoms with van der Waals surface area (Å²) in [6.45, 7) is 4.14. The molecular formula is C22H16O2P2. The van der Waals surface area contributed by atoms with Gasteiger partial charge in [0.15, 0.2) is 16.9 Å². The smallest absolute Gasteiger partial charge is 0.192 e. The van der Waals surface area contributed by atoms with Crippen molar-refractivity contribution < 1.29 is 9.13 Å². The Labute approximate surface area is 155 Å². The van der Waals surface area contributed by atoms with Gasteiger partial charge >= 0.3 is 0 Å². The molecule has 0 aliphatic carbocycles. The van der Waals surface area contributed by atoms with Crippen molar-refractivity contribution in [3.05, 3.63) is 71.8 Å². The van der Waals surface area contributed by atoms with Gasteiger partial charge in [-0.15, -0.1) is 0 Å². The van der Waals surface area contributed by atoms with Crippen molar-refractivity contribution in [2.24, 2.45) is 0 Å². The van der Waals surface area contributed by atoms with Crippen molar-refractivity contribution in [2.45, 2.75) is 13.8 Å². The molecule has 4 aromatic carbocycles. The number of benzene rings is 4. The van der Waals surface area contributed by atoms with E-state index in [4.69, 9.17) is 0 Å². The number of rotatable bonds is 3. The van der Waals surface area contributed by atoms with E-state index in [0.29, 0.717) is 10.6 Å². The van der Waals surface area contributed by atoms with Crippen LogP contribution in [0.4, 0.5) is 0 Å². The highest BCUT2D eigenvalue weighted by molar-refractivity contribution is 7.35. The first-order valence-corrected chi connectivity index (χ1v) is 10.00. The molecule has 0 amide bonds. The van der Waals surface area contributed by atoms with Crippen LogP contribution in [0.25, 0.3) is 32.7 Å². The highest BCUT2D eigenvalue weighted by Crippen LogP contribution is 2.36. The van der Waals surface area contributed by atoms with E-state index < -0.39 is 0 Å². The maximum atomic E-state index is 11.9. The van der Waals surface area contributed by atoms with E-state index >= 15 is 0 Å². The van der Waals surface area contributed by atoms with Crippen LogP contribution in [0.5, 0.6) is 0 Å². The van der Waals surface area contributed by atoms with Crippen LogP contribution in [-0.2, 0) is 9.13 Å². The Morgan fingerprint density at radius 2 is 0.962 bits per heavy atom. The first-order valence-electron chi connectivity index (χ1n) is 8.37. The van der Waals surface area contributed by atoms with Crippen molar-refractivity contribution in [2.75, 3.05) is 0 Å². The summed E-state index contributed by atoms with van der Waals surface area (Å²) >= 11 is 0. The second-order valence-electron chi connectivity index (χ2n) is 6.44. The molecule has 0 saturated carbocycles. The lowest BCUT2D eigenvalue weighted by molar-refractivity contribution is 0.602. The lowest BCUT2D eigenvalue weighted by Crippen LogP contribution is -2.07. The number of hydrogen-bond donors (Lipinski definition) is 0. The second-order valence-corrected chi connectivity index (χ2v) is 7.77. The van der Waals surface area contributed by atoms with Crippen LogP contribution in [0, 0.1) is 13.8 Å². The molecule has 0 spiro atoms. The topological polar surface area (TPSA) is 34.1 Å². The summed E-state index contributed by atoms with van der Waals surface area (Å²) in [5, 5.41) is 5.72. The van der Waals surface area contributed by atoms with Crippen molar-refractivity contribution in [1.29, 1.82) is 0 Å². The Kier molecular flexibility index (Phi) is 4.41. The minimum atomic E-state index is -0.0434. The quantitative estimate of drug-likeness (QED) is 0.406. The molecule has 2 nitrogen and oxygen atoms in total. The van der Waals surface area contributed by atoms with Gasteiger partial charge < -0.3 is 0 Å². The Balaban J connectivity index is 2.27. The normalized spacial score (nSPS) is 11.6. The minimum Gasteiger partial charge on any atom is -0.269 e. The molecule has 0 saturated heterocycles. The molecule has 26 heavy (non-hydrogen) atoms. The van der Waals surface area contributed by atoms with E-state index in [1.807, 2.05) is 48.5 Å². The minimum absolute atomic E-state index is 0.0434. The molecule has 0 atom stereocenters. The Morgan fingerprint density at radius 1 is 0.538 bits per heavy atom. The zero-order chi connectivity index (χ0) is 18.3. The molecule has 0 aliphatic heterocycles. The summed E-state index contributed by atoms with van der Waals surface area (Å²) in [5.74, 6) is 0. The molecule has 4 heteroatoms. The zero-order valence-electron chi connectivity index (χ0n) is 14.5. The lowest BCUT2D eigenvalue weighted by Gasteiger charge is -2.16. The van der Waals surface area contributed by atoms with Gasteiger partial charge in [0.05, 0.1) is 10.6 Å². The van der Waals surface area contributed by atoms with E-state index in [-0.39, 0.29) is 16.9 Å². The lowest BCUT2D eigenvalue weighted by atomic mass is 9.91. The number of fused-ring (bicyclic) bond motifs is 2. The molecule has 0 fully saturated rings. The van der Waals surface area contributed by atoms with Gasteiger partial charge in [0.25, 0.3) is 0 Å². The van der Waals surface area contributed by atoms with Crippen LogP contribution in [0.15, 0.2) is 60.7 Å². The Bertz CT molecular complexity index is 1100. The molecule has 4 aromatic rings. The monoisotopic (exact) mass is 374 g/mol. The third-order valence-corrected chi connectivity index (χ3v) is 6.10. The maximum absolute atomic E-state index is 11.9. The maximum Gasteiger partial charge on any atom is 0.192 e. The highest BCUT2D eigenvalue weighted by atomic mass is 31.1. The summed E-state index contributed by atoms with van der Waals surface area (Å²) in [5.41, 5.74) is 4.13. The summed E-state index contributed by atoms with van der Waals surface area (Å²) in [4.78, 5) is 0. The van der Waals surface area contributed by atoms with E-state index in [9.17, 15) is 9.13 Å². The molecule has 4 rings (SSSR count). The van der Waals surface area contributed by atoms with Gasteiger partial charge in [0.2, 0.25) is 0 Å². The van der Waals surface area contributed by atoms with Crippen LogP contribution < -0.4 is 10.6 Å². The van der Waals surface area contributed by atoms with Crippen molar-refractivity contribution in [3.63, 3.8) is 0 Å². The van der Waals surface area contributed by atoms with Crippen LogP contribution in [-0.4, -0.2) is 0 Å². The molecule has 0 aromatic heterocycles. The van der Waals surface area contributed by atoms with Gasteiger partial charge in [0, 0.05) is 11.1 Å². The number of hydrogen-bond acceptors (Lipinski definition) is 2. The summed E-state index contributed by atoms with van der Waals surface area (Å²) in [6, 6.07) is 20.1. The molecular weight excluding hydrogens is 358 g/mol. The summed E-state index contributed by atoms with van der Waals surface area (Å²) < 4.78 is 23.9. The SMILES string of the molecule is Cc1cccc2c(-c3c(P=O)ccc4c(C)cccc34)c(P=O)ccc12. The van der Waals surface area contributed by atoms with Crippen LogP contribution >= 0.6 is 16.9 Å². The van der Waals surface area contributed by atoms with Gasteiger partial charge in [-0.25, -0.2) is 0 Å². The van der Waals surface area contributed by atoms with Crippen LogP contribution in [0.2, 0.25) is 0 Å². The first kappa shape index (κ1) is 17.0. The highest BCUT2D eigenvalue weighted by Gasteiger charge is 2.18. The Hall–Kier alpha value is -2.40. The molecule has 0 bridgehead atoms. The van der Waals surface area contributed by atoms with Gasteiger partial charge in [-0.3, -0.25) is 9.13 Å². The third kappa shape index (κ3) is 2.58. The van der Waals surface area contributed by atoms with Gasteiger partial charge in [0.1, 0.15) is 0 Å². The predicted molar refractivity (Wildman–Crippen MR) is 111 cm³/mol. The van der Waals surface area contributed by atoms with E-state index in [1.165, 1.54) is 0 Å². The first-order chi connectivity index (χ1) is 12.7. The molecule has 0 aliphatic rings. The van der Waals surface area contributed by atoms with Gasteiger partial charge in [-0.1, -0.05) is 48.5 Å². The second kappa shape index (κ2) is 6.72. The van der Waals surface area contributed by atoms with Gasteiger partial charge in [-0.2, -0.15) is 0 Å². The van der Waals surface area contributed by atoms with Crippen LogP contribution in [0.1, 0.15) is 11.1 Å². The zero-order valence-corrected chi connectivity index (χ0v) is 16.3. The van der Waals surface area contributed by atoms with Crippen LogP contribution in [0.3, 0.4) is 0 Å². The molecule has 0 radical (unpaired) electrons. The molecule has 0 unspecified atom stereocenters. The fourth-order valence-corrected chi connectivity index (χ4v) is 4.60.